The predicted molar refractivity (Wildman–Crippen MR) is 57.0 cm³/mol. The molecule has 0 radical (unpaired) electrons. The van der Waals surface area contributed by atoms with Crippen LogP contribution in [0.25, 0.3) is 0 Å². The van der Waals surface area contributed by atoms with Gasteiger partial charge in [0.15, 0.2) is 0 Å². The van der Waals surface area contributed by atoms with Gasteiger partial charge in [-0.05, 0) is 17.9 Å². The molecule has 0 unspecified atom stereocenters. The smallest absolute Gasteiger partial charge is 0.313 e. The van der Waals surface area contributed by atoms with Crippen LogP contribution >= 0.6 is 0 Å². The maximum absolute atomic E-state index is 11.6. The first kappa shape index (κ1) is 13.7. The van der Waals surface area contributed by atoms with E-state index in [0.29, 0.717) is 12.0 Å². The molecule has 0 spiro atoms. The van der Waals surface area contributed by atoms with Crippen LogP contribution in [0.5, 0.6) is 0 Å². The van der Waals surface area contributed by atoms with E-state index in [1.54, 1.807) is 6.08 Å². The second-order valence-corrected chi connectivity index (χ2v) is 3.96. The summed E-state index contributed by atoms with van der Waals surface area (Å²) >= 11 is 0. The average Bonchev–Trinajstić information content (AvgIpc) is 2.72. The Morgan fingerprint density at radius 3 is 2.59 bits per heavy atom. The Morgan fingerprint density at radius 2 is 2.18 bits per heavy atom. The van der Waals surface area contributed by atoms with Gasteiger partial charge in [-0.15, -0.1) is 0 Å². The average molecular weight is 244 g/mol. The molecular weight excluding hydrogens is 228 g/mol. The largest absolute Gasteiger partial charge is 0.481 e. The van der Waals surface area contributed by atoms with Gasteiger partial charge >= 0.3 is 11.9 Å². The number of hydrogen-bond donors (Lipinski definition) is 3. The lowest BCUT2D eigenvalue weighted by molar-refractivity contribution is -0.151. The van der Waals surface area contributed by atoms with Gasteiger partial charge in [0.05, 0.1) is 32.2 Å². The third-order valence-corrected chi connectivity index (χ3v) is 3.15. The molecule has 0 amide bonds. The highest BCUT2D eigenvalue weighted by Crippen LogP contribution is 2.37. The van der Waals surface area contributed by atoms with Crippen LogP contribution in [-0.4, -0.2) is 47.6 Å². The zero-order valence-electron chi connectivity index (χ0n) is 9.50. The van der Waals surface area contributed by atoms with Crippen LogP contribution in [0.1, 0.15) is 6.42 Å². The Kier molecular flexibility index (Phi) is 4.65. The number of allylic oxidation sites excluding steroid dienone is 1. The van der Waals surface area contributed by atoms with Crippen LogP contribution in [0, 0.1) is 17.8 Å². The van der Waals surface area contributed by atoms with Crippen molar-refractivity contribution in [3.63, 3.8) is 0 Å². The van der Waals surface area contributed by atoms with Crippen molar-refractivity contribution in [1.82, 2.24) is 0 Å². The summed E-state index contributed by atoms with van der Waals surface area (Å²) in [6.07, 6.45) is 1.98. The topological polar surface area (TPSA) is 104 Å². The lowest BCUT2D eigenvalue weighted by atomic mass is 9.81. The van der Waals surface area contributed by atoms with Crippen molar-refractivity contribution < 1.29 is 29.6 Å². The highest BCUT2D eigenvalue weighted by molar-refractivity contribution is 5.79. The standard InChI is InChI=1S/C11H16O6/c1-17-11(16)9-6(4-12)2-3-7(9)8(5-13)10(14)15/h2,7-9,12-13H,3-5H2,1H3,(H,14,15)/t7-,8-,9-/m1/s1. The van der Waals surface area contributed by atoms with Gasteiger partial charge in [0.2, 0.25) is 0 Å². The number of carbonyl (C=O) groups excluding carboxylic acids is 1. The molecule has 0 aliphatic heterocycles. The van der Waals surface area contributed by atoms with Gasteiger partial charge in [0.25, 0.3) is 0 Å². The number of carboxylic acids is 1. The molecule has 0 bridgehead atoms. The van der Waals surface area contributed by atoms with Crippen molar-refractivity contribution in [3.05, 3.63) is 11.6 Å². The fourth-order valence-electron chi connectivity index (χ4n) is 2.23. The number of esters is 1. The van der Waals surface area contributed by atoms with Crippen LogP contribution in [0.2, 0.25) is 0 Å². The van der Waals surface area contributed by atoms with E-state index in [0.717, 1.165) is 0 Å². The molecule has 0 saturated carbocycles. The molecule has 0 saturated heterocycles. The number of carbonyl (C=O) groups is 2. The second-order valence-electron chi connectivity index (χ2n) is 3.96. The number of hydrogen-bond acceptors (Lipinski definition) is 5. The lowest BCUT2D eigenvalue weighted by Crippen LogP contribution is -2.35. The third-order valence-electron chi connectivity index (χ3n) is 3.15. The third kappa shape index (κ3) is 2.65. The number of aliphatic hydroxyl groups excluding tert-OH is 2. The molecule has 1 aliphatic carbocycles. The molecule has 6 nitrogen and oxygen atoms in total. The predicted octanol–water partition coefficient (Wildman–Crippen LogP) is -0.593. The van der Waals surface area contributed by atoms with Gasteiger partial charge in [-0.3, -0.25) is 9.59 Å². The number of carboxylic acid groups (broad SMARTS) is 1. The van der Waals surface area contributed by atoms with Crippen LogP contribution in [0.4, 0.5) is 0 Å². The fraction of sp³-hybridized carbons (Fsp3) is 0.636. The quantitative estimate of drug-likeness (QED) is 0.441. The summed E-state index contributed by atoms with van der Waals surface area (Å²) in [4.78, 5) is 22.6. The van der Waals surface area contributed by atoms with E-state index in [1.165, 1.54) is 7.11 Å². The Balaban J connectivity index is 2.94. The number of aliphatic hydroxyl groups is 2. The van der Waals surface area contributed by atoms with E-state index < -0.39 is 36.3 Å². The van der Waals surface area contributed by atoms with Gasteiger partial charge in [-0.1, -0.05) is 6.08 Å². The zero-order valence-corrected chi connectivity index (χ0v) is 9.50. The minimum Gasteiger partial charge on any atom is -0.481 e. The van der Waals surface area contributed by atoms with Crippen LogP contribution in [0.15, 0.2) is 11.6 Å². The molecule has 17 heavy (non-hydrogen) atoms. The van der Waals surface area contributed by atoms with E-state index in [9.17, 15) is 9.59 Å². The maximum Gasteiger partial charge on any atom is 0.313 e. The molecule has 1 aliphatic rings. The lowest BCUT2D eigenvalue weighted by Gasteiger charge is -2.24. The van der Waals surface area contributed by atoms with Crippen molar-refractivity contribution in [2.24, 2.45) is 17.8 Å². The number of rotatable bonds is 5. The monoisotopic (exact) mass is 244 g/mol. The molecular formula is C11H16O6. The molecule has 96 valence electrons. The molecule has 0 fully saturated rings. The van der Waals surface area contributed by atoms with Crippen molar-refractivity contribution in [1.29, 1.82) is 0 Å². The van der Waals surface area contributed by atoms with Crippen molar-refractivity contribution in [3.8, 4) is 0 Å². The summed E-state index contributed by atoms with van der Waals surface area (Å²) in [5.74, 6) is -4.10. The fourth-order valence-corrected chi connectivity index (χ4v) is 2.23. The van der Waals surface area contributed by atoms with Crippen molar-refractivity contribution in [2.75, 3.05) is 20.3 Å². The van der Waals surface area contributed by atoms with E-state index in [1.807, 2.05) is 0 Å². The van der Waals surface area contributed by atoms with E-state index in [2.05, 4.69) is 4.74 Å². The van der Waals surface area contributed by atoms with Crippen molar-refractivity contribution >= 4 is 11.9 Å². The van der Waals surface area contributed by atoms with E-state index >= 15 is 0 Å². The van der Waals surface area contributed by atoms with Gasteiger partial charge in [0.1, 0.15) is 0 Å². The van der Waals surface area contributed by atoms with Crippen molar-refractivity contribution in [2.45, 2.75) is 6.42 Å². The Hall–Kier alpha value is -1.40. The summed E-state index contributed by atoms with van der Waals surface area (Å²) in [6, 6.07) is 0. The molecule has 3 atom stereocenters. The Labute approximate surface area is 98.5 Å². The Morgan fingerprint density at radius 1 is 1.53 bits per heavy atom. The first-order valence-electron chi connectivity index (χ1n) is 5.28. The summed E-state index contributed by atoms with van der Waals surface area (Å²) in [5.41, 5.74) is 0.460. The molecule has 1 rings (SSSR count). The molecule has 0 aromatic heterocycles. The minimum absolute atomic E-state index is 0.311. The Bertz CT molecular complexity index is 335. The number of methoxy groups -OCH3 is 1. The zero-order chi connectivity index (χ0) is 13.0. The highest BCUT2D eigenvalue weighted by Gasteiger charge is 2.42. The minimum atomic E-state index is -1.15. The second kappa shape index (κ2) is 5.79. The highest BCUT2D eigenvalue weighted by atomic mass is 16.5. The van der Waals surface area contributed by atoms with Crippen LogP contribution in [-0.2, 0) is 14.3 Å². The number of aliphatic carboxylic acids is 1. The SMILES string of the molecule is COC(=O)[C@@H]1C(CO)=CC[C@@H]1[C@@H](CO)C(=O)O. The molecule has 3 N–H and O–H groups in total. The van der Waals surface area contributed by atoms with Crippen LogP contribution < -0.4 is 0 Å². The van der Waals surface area contributed by atoms with E-state index in [-0.39, 0.29) is 6.61 Å². The van der Waals surface area contributed by atoms with Gasteiger partial charge in [0, 0.05) is 0 Å². The summed E-state index contributed by atoms with van der Waals surface area (Å²) in [5, 5.41) is 27.1. The summed E-state index contributed by atoms with van der Waals surface area (Å²) < 4.78 is 4.61. The van der Waals surface area contributed by atoms with Gasteiger partial charge in [-0.2, -0.15) is 0 Å². The van der Waals surface area contributed by atoms with Gasteiger partial charge in [-0.25, -0.2) is 0 Å². The molecule has 6 heteroatoms. The van der Waals surface area contributed by atoms with E-state index in [4.69, 9.17) is 15.3 Å². The normalized spacial score (nSPS) is 25.2. The maximum atomic E-state index is 11.6. The summed E-state index contributed by atoms with van der Waals surface area (Å²) in [7, 11) is 1.21. The molecule has 0 aromatic carbocycles. The van der Waals surface area contributed by atoms with Crippen LogP contribution in [0.3, 0.4) is 0 Å². The molecule has 0 aromatic rings. The van der Waals surface area contributed by atoms with Gasteiger partial charge < -0.3 is 20.1 Å². The molecule has 0 heterocycles. The summed E-state index contributed by atoms with van der Waals surface area (Å²) in [6.45, 7) is -0.853. The first-order valence-corrected chi connectivity index (χ1v) is 5.28. The number of ether oxygens (including phenoxy) is 1. The first-order chi connectivity index (χ1) is 8.06.